The van der Waals surface area contributed by atoms with E-state index in [0.29, 0.717) is 21.5 Å². The van der Waals surface area contributed by atoms with Gasteiger partial charge < -0.3 is 24.6 Å². The summed E-state index contributed by atoms with van der Waals surface area (Å²) < 4.78 is 15.7. The van der Waals surface area contributed by atoms with Gasteiger partial charge in [0.15, 0.2) is 0 Å². The maximum Gasteiger partial charge on any atom is 0.255 e. The standard InChI is InChI=1S/C13H18BrNO5/c1-18-7-8(16)6-15-13(17)10-4-9(19-2)5-11(14)12(10)20-3/h4-5,8,16H,6-7H2,1-3H3,(H,15,17). The zero-order valence-corrected chi connectivity index (χ0v) is 13.2. The van der Waals surface area contributed by atoms with Gasteiger partial charge in [-0.1, -0.05) is 0 Å². The number of carbonyl (C=O) groups is 1. The van der Waals surface area contributed by atoms with Crippen molar-refractivity contribution in [2.45, 2.75) is 6.10 Å². The Morgan fingerprint density at radius 2 is 2.05 bits per heavy atom. The quantitative estimate of drug-likeness (QED) is 0.775. The molecule has 1 aromatic carbocycles. The monoisotopic (exact) mass is 347 g/mol. The van der Waals surface area contributed by atoms with Gasteiger partial charge >= 0.3 is 0 Å². The Balaban J connectivity index is 2.88. The summed E-state index contributed by atoms with van der Waals surface area (Å²) in [6.45, 7) is 0.240. The van der Waals surface area contributed by atoms with E-state index in [1.165, 1.54) is 21.3 Å². The first-order valence-electron chi connectivity index (χ1n) is 5.90. The van der Waals surface area contributed by atoms with Crippen LogP contribution in [0.4, 0.5) is 0 Å². The summed E-state index contributed by atoms with van der Waals surface area (Å²) in [7, 11) is 4.47. The Hall–Kier alpha value is -1.31. The van der Waals surface area contributed by atoms with E-state index in [0.717, 1.165) is 0 Å². The van der Waals surface area contributed by atoms with Crippen LogP contribution in [0.15, 0.2) is 16.6 Å². The molecule has 0 aliphatic carbocycles. The number of ether oxygens (including phenoxy) is 3. The van der Waals surface area contributed by atoms with Crippen molar-refractivity contribution in [1.82, 2.24) is 5.32 Å². The number of aliphatic hydroxyl groups excluding tert-OH is 1. The number of hydrogen-bond acceptors (Lipinski definition) is 5. The van der Waals surface area contributed by atoms with Gasteiger partial charge in [-0.25, -0.2) is 0 Å². The zero-order valence-electron chi connectivity index (χ0n) is 11.6. The Bertz CT molecular complexity index is 466. The molecule has 0 aliphatic rings. The van der Waals surface area contributed by atoms with E-state index >= 15 is 0 Å². The molecule has 0 aromatic heterocycles. The van der Waals surface area contributed by atoms with E-state index in [4.69, 9.17) is 14.2 Å². The first kappa shape index (κ1) is 16.7. The predicted octanol–water partition coefficient (Wildman–Crippen LogP) is 1.20. The fourth-order valence-electron chi connectivity index (χ4n) is 1.62. The zero-order chi connectivity index (χ0) is 15.1. The summed E-state index contributed by atoms with van der Waals surface area (Å²) in [5, 5.41) is 12.1. The highest BCUT2D eigenvalue weighted by atomic mass is 79.9. The molecule has 6 nitrogen and oxygen atoms in total. The molecule has 0 bridgehead atoms. The summed E-state index contributed by atoms with van der Waals surface area (Å²) >= 11 is 3.32. The van der Waals surface area contributed by atoms with Gasteiger partial charge in [-0.05, 0) is 28.1 Å². The second-order valence-corrected chi connectivity index (χ2v) is 4.86. The topological polar surface area (TPSA) is 77.0 Å². The minimum Gasteiger partial charge on any atom is -0.497 e. The van der Waals surface area contributed by atoms with E-state index in [9.17, 15) is 9.90 Å². The summed E-state index contributed by atoms with van der Waals surface area (Å²) in [6, 6.07) is 3.27. The van der Waals surface area contributed by atoms with Crippen molar-refractivity contribution in [3.8, 4) is 11.5 Å². The maximum atomic E-state index is 12.1. The average Bonchev–Trinajstić information content (AvgIpc) is 2.44. The number of rotatable bonds is 7. The van der Waals surface area contributed by atoms with Gasteiger partial charge in [0.25, 0.3) is 5.91 Å². The third-order valence-corrected chi connectivity index (χ3v) is 3.15. The van der Waals surface area contributed by atoms with Crippen molar-refractivity contribution in [2.24, 2.45) is 0 Å². The number of amides is 1. The molecule has 20 heavy (non-hydrogen) atoms. The maximum absolute atomic E-state index is 12.1. The summed E-state index contributed by atoms with van der Waals surface area (Å²) in [5.41, 5.74) is 0.323. The lowest BCUT2D eigenvalue weighted by Crippen LogP contribution is -2.34. The smallest absolute Gasteiger partial charge is 0.255 e. The lowest BCUT2D eigenvalue weighted by Gasteiger charge is -2.14. The van der Waals surface area contributed by atoms with E-state index in [1.807, 2.05) is 0 Å². The predicted molar refractivity (Wildman–Crippen MR) is 77.5 cm³/mol. The molecule has 1 rings (SSSR count). The van der Waals surface area contributed by atoms with Gasteiger partial charge in [0, 0.05) is 13.7 Å². The summed E-state index contributed by atoms with van der Waals surface area (Å²) in [6.07, 6.45) is -0.760. The number of methoxy groups -OCH3 is 3. The molecule has 0 saturated carbocycles. The van der Waals surface area contributed by atoms with Gasteiger partial charge in [-0.15, -0.1) is 0 Å². The number of hydrogen-bond donors (Lipinski definition) is 2. The third kappa shape index (κ3) is 4.36. The van der Waals surface area contributed by atoms with Gasteiger partial charge in [0.05, 0.1) is 37.0 Å². The SMILES string of the molecule is COCC(O)CNC(=O)c1cc(OC)cc(Br)c1OC. The molecule has 0 saturated heterocycles. The van der Waals surface area contributed by atoms with Gasteiger partial charge in [0.1, 0.15) is 11.5 Å². The second-order valence-electron chi connectivity index (χ2n) is 4.01. The largest absolute Gasteiger partial charge is 0.497 e. The van der Waals surface area contributed by atoms with Crippen LogP contribution in [0.25, 0.3) is 0 Å². The number of halogens is 1. The van der Waals surface area contributed by atoms with E-state index in [-0.39, 0.29) is 19.1 Å². The van der Waals surface area contributed by atoms with Gasteiger partial charge in [-0.2, -0.15) is 0 Å². The van der Waals surface area contributed by atoms with Crippen LogP contribution in [0.3, 0.4) is 0 Å². The van der Waals surface area contributed by atoms with Crippen molar-refractivity contribution in [3.63, 3.8) is 0 Å². The highest BCUT2D eigenvalue weighted by Gasteiger charge is 2.18. The second kappa shape index (κ2) is 8.08. The highest BCUT2D eigenvalue weighted by Crippen LogP contribution is 2.33. The van der Waals surface area contributed by atoms with Crippen LogP contribution < -0.4 is 14.8 Å². The molecule has 0 heterocycles. The molecule has 112 valence electrons. The lowest BCUT2D eigenvalue weighted by atomic mass is 10.1. The normalized spacial score (nSPS) is 11.8. The van der Waals surface area contributed by atoms with Gasteiger partial charge in [0.2, 0.25) is 0 Å². The Morgan fingerprint density at radius 3 is 2.60 bits per heavy atom. The molecule has 1 aromatic rings. The summed E-state index contributed by atoms with van der Waals surface area (Å²) in [4.78, 5) is 12.1. The minimum atomic E-state index is -0.760. The number of benzene rings is 1. The number of aliphatic hydroxyl groups is 1. The fourth-order valence-corrected chi connectivity index (χ4v) is 2.22. The number of carbonyl (C=O) groups excluding carboxylic acids is 1. The molecule has 0 fully saturated rings. The van der Waals surface area contributed by atoms with Crippen LogP contribution in [0.1, 0.15) is 10.4 Å². The molecule has 1 atom stereocenters. The Morgan fingerprint density at radius 1 is 1.35 bits per heavy atom. The van der Waals surface area contributed by atoms with Gasteiger partial charge in [-0.3, -0.25) is 4.79 Å². The molecule has 2 N–H and O–H groups in total. The third-order valence-electron chi connectivity index (χ3n) is 2.56. The van der Waals surface area contributed by atoms with Crippen LogP contribution in [0.2, 0.25) is 0 Å². The average molecular weight is 348 g/mol. The fraction of sp³-hybridized carbons (Fsp3) is 0.462. The van der Waals surface area contributed by atoms with Crippen LogP contribution in [-0.4, -0.2) is 51.6 Å². The molecule has 1 unspecified atom stereocenters. The number of nitrogens with one attached hydrogen (secondary N) is 1. The molecule has 0 radical (unpaired) electrons. The Labute approximate surface area is 126 Å². The molecular formula is C13H18BrNO5. The minimum absolute atomic E-state index is 0.0880. The molecular weight excluding hydrogens is 330 g/mol. The first-order chi connectivity index (χ1) is 9.53. The molecule has 0 aliphatic heterocycles. The van der Waals surface area contributed by atoms with Crippen LogP contribution in [-0.2, 0) is 4.74 Å². The Kier molecular flexibility index (Phi) is 6.77. The van der Waals surface area contributed by atoms with Crippen molar-refractivity contribution in [3.05, 3.63) is 22.2 Å². The van der Waals surface area contributed by atoms with E-state index in [2.05, 4.69) is 21.2 Å². The molecule has 1 amide bonds. The van der Waals surface area contributed by atoms with Crippen LogP contribution in [0.5, 0.6) is 11.5 Å². The van der Waals surface area contributed by atoms with E-state index in [1.54, 1.807) is 12.1 Å². The van der Waals surface area contributed by atoms with Crippen molar-refractivity contribution in [1.29, 1.82) is 0 Å². The van der Waals surface area contributed by atoms with E-state index < -0.39 is 6.10 Å². The van der Waals surface area contributed by atoms with Crippen LogP contribution >= 0.6 is 15.9 Å². The molecule has 7 heteroatoms. The van der Waals surface area contributed by atoms with Crippen LogP contribution in [0, 0.1) is 0 Å². The highest BCUT2D eigenvalue weighted by molar-refractivity contribution is 9.10. The van der Waals surface area contributed by atoms with Crippen molar-refractivity contribution in [2.75, 3.05) is 34.5 Å². The van der Waals surface area contributed by atoms with Crippen molar-refractivity contribution >= 4 is 21.8 Å². The first-order valence-corrected chi connectivity index (χ1v) is 6.69. The summed E-state index contributed by atoms with van der Waals surface area (Å²) in [5.74, 6) is 0.571. The lowest BCUT2D eigenvalue weighted by molar-refractivity contribution is 0.0609. The molecule has 0 spiro atoms. The van der Waals surface area contributed by atoms with Crippen molar-refractivity contribution < 1.29 is 24.1 Å².